The van der Waals surface area contributed by atoms with Crippen LogP contribution in [0.25, 0.3) is 0 Å². The number of amides is 2. The van der Waals surface area contributed by atoms with E-state index in [1.54, 1.807) is 56.7 Å². The van der Waals surface area contributed by atoms with E-state index in [4.69, 9.17) is 16.3 Å². The number of carbonyl (C=O) groups excluding carboxylic acids is 2. The molecule has 0 aliphatic carbocycles. The minimum atomic E-state index is -0.449. The monoisotopic (exact) mass is 395 g/mol. The van der Waals surface area contributed by atoms with E-state index in [1.165, 1.54) is 11.0 Å². The number of para-hydroxylation sites is 1. The molecule has 142 valence electrons. The number of aromatic nitrogens is 1. The van der Waals surface area contributed by atoms with Gasteiger partial charge in [-0.3, -0.25) is 9.59 Å². The Labute approximate surface area is 167 Å². The Balaban J connectivity index is 1.86. The summed E-state index contributed by atoms with van der Waals surface area (Å²) in [5.41, 5.74) is 0.984. The van der Waals surface area contributed by atoms with Crippen molar-refractivity contribution in [3.8, 4) is 11.6 Å². The summed E-state index contributed by atoms with van der Waals surface area (Å²) < 4.78 is 5.73. The minimum absolute atomic E-state index is 0.169. The number of ether oxygens (including phenoxy) is 1. The highest BCUT2D eigenvalue weighted by molar-refractivity contribution is 6.34. The SMILES string of the molecule is CN(C)C(=O)c1ccc(Cl)c(NC(=O)c2cccnc2Oc2ccccc2)c1. The molecule has 7 heteroatoms. The summed E-state index contributed by atoms with van der Waals surface area (Å²) in [6.07, 6.45) is 1.54. The summed E-state index contributed by atoms with van der Waals surface area (Å²) in [5.74, 6) is 0.0896. The quantitative estimate of drug-likeness (QED) is 0.691. The molecule has 0 bridgehead atoms. The number of rotatable bonds is 5. The van der Waals surface area contributed by atoms with Crippen LogP contribution >= 0.6 is 11.6 Å². The molecular formula is C21H18ClN3O3. The van der Waals surface area contributed by atoms with Gasteiger partial charge in [0.15, 0.2) is 0 Å². The van der Waals surface area contributed by atoms with E-state index < -0.39 is 5.91 Å². The third-order valence-electron chi connectivity index (χ3n) is 3.84. The summed E-state index contributed by atoms with van der Waals surface area (Å²) in [4.78, 5) is 30.6. The largest absolute Gasteiger partial charge is 0.438 e. The summed E-state index contributed by atoms with van der Waals surface area (Å²) in [7, 11) is 3.30. The van der Waals surface area contributed by atoms with Gasteiger partial charge in [-0.05, 0) is 42.5 Å². The lowest BCUT2D eigenvalue weighted by atomic mass is 10.1. The maximum absolute atomic E-state index is 12.8. The molecule has 0 unspecified atom stereocenters. The second kappa shape index (κ2) is 8.54. The van der Waals surface area contributed by atoms with Crippen molar-refractivity contribution >= 4 is 29.1 Å². The Morgan fingerprint density at radius 3 is 2.50 bits per heavy atom. The standard InChI is InChI=1S/C21H18ClN3O3/c1-25(2)21(27)14-10-11-17(22)18(13-14)24-19(26)16-9-6-12-23-20(16)28-15-7-4-3-5-8-15/h3-13H,1-2H3,(H,24,26). The lowest BCUT2D eigenvalue weighted by molar-refractivity contribution is 0.0827. The molecule has 6 nitrogen and oxygen atoms in total. The molecule has 0 aliphatic rings. The molecule has 3 aromatic rings. The van der Waals surface area contributed by atoms with Gasteiger partial charge in [0.2, 0.25) is 5.88 Å². The van der Waals surface area contributed by atoms with Crippen molar-refractivity contribution in [2.24, 2.45) is 0 Å². The molecule has 1 heterocycles. The van der Waals surface area contributed by atoms with Crippen LogP contribution in [0.2, 0.25) is 5.02 Å². The second-order valence-corrected chi connectivity index (χ2v) is 6.53. The van der Waals surface area contributed by atoms with Gasteiger partial charge in [0.1, 0.15) is 11.3 Å². The molecule has 1 N–H and O–H groups in total. The Morgan fingerprint density at radius 2 is 1.79 bits per heavy atom. The van der Waals surface area contributed by atoms with Gasteiger partial charge in [0.25, 0.3) is 11.8 Å². The summed E-state index contributed by atoms with van der Waals surface area (Å²) in [6, 6.07) is 17.0. The minimum Gasteiger partial charge on any atom is -0.438 e. The molecule has 0 atom stereocenters. The highest BCUT2D eigenvalue weighted by atomic mass is 35.5. The van der Waals surface area contributed by atoms with Crippen molar-refractivity contribution in [1.29, 1.82) is 0 Å². The maximum Gasteiger partial charge on any atom is 0.261 e. The van der Waals surface area contributed by atoms with Crippen LogP contribution < -0.4 is 10.1 Å². The molecule has 0 radical (unpaired) electrons. The van der Waals surface area contributed by atoms with E-state index in [0.717, 1.165) is 0 Å². The number of halogens is 1. The molecule has 1 aromatic heterocycles. The first-order valence-corrected chi connectivity index (χ1v) is 8.84. The Kier molecular flexibility index (Phi) is 5.91. The van der Waals surface area contributed by atoms with Crippen molar-refractivity contribution in [3.63, 3.8) is 0 Å². The van der Waals surface area contributed by atoms with Crippen LogP contribution in [0, 0.1) is 0 Å². The molecule has 0 saturated heterocycles. The molecule has 0 aliphatic heterocycles. The predicted octanol–water partition coefficient (Wildman–Crippen LogP) is 4.48. The molecule has 0 spiro atoms. The van der Waals surface area contributed by atoms with Crippen molar-refractivity contribution in [1.82, 2.24) is 9.88 Å². The zero-order chi connectivity index (χ0) is 20.1. The van der Waals surface area contributed by atoms with E-state index >= 15 is 0 Å². The van der Waals surface area contributed by atoms with Crippen molar-refractivity contribution in [2.45, 2.75) is 0 Å². The van der Waals surface area contributed by atoms with E-state index in [2.05, 4.69) is 10.3 Å². The first-order chi connectivity index (χ1) is 13.5. The highest BCUT2D eigenvalue weighted by Crippen LogP contribution is 2.27. The predicted molar refractivity (Wildman–Crippen MR) is 108 cm³/mol. The van der Waals surface area contributed by atoms with Crippen molar-refractivity contribution in [3.05, 3.63) is 83.0 Å². The lowest BCUT2D eigenvalue weighted by Crippen LogP contribution is -2.22. The van der Waals surface area contributed by atoms with Gasteiger partial charge in [-0.25, -0.2) is 4.98 Å². The van der Waals surface area contributed by atoms with Crippen LogP contribution in [0.15, 0.2) is 66.9 Å². The van der Waals surface area contributed by atoms with Crippen LogP contribution in [-0.2, 0) is 0 Å². The fourth-order valence-corrected chi connectivity index (χ4v) is 2.61. The molecule has 28 heavy (non-hydrogen) atoms. The van der Waals surface area contributed by atoms with Crippen molar-refractivity contribution in [2.75, 3.05) is 19.4 Å². The van der Waals surface area contributed by atoms with Crippen LogP contribution in [0.1, 0.15) is 20.7 Å². The van der Waals surface area contributed by atoms with Gasteiger partial charge in [0.05, 0.1) is 10.7 Å². The summed E-state index contributed by atoms with van der Waals surface area (Å²) >= 11 is 6.20. The third kappa shape index (κ3) is 4.47. The first kappa shape index (κ1) is 19.4. The Bertz CT molecular complexity index is 1010. The zero-order valence-electron chi connectivity index (χ0n) is 15.3. The summed E-state index contributed by atoms with van der Waals surface area (Å²) in [5, 5.41) is 3.04. The van der Waals surface area contributed by atoms with Gasteiger partial charge >= 0.3 is 0 Å². The number of pyridine rings is 1. The molecule has 2 amide bonds. The number of nitrogens with one attached hydrogen (secondary N) is 1. The van der Waals surface area contributed by atoms with Crippen molar-refractivity contribution < 1.29 is 14.3 Å². The number of hydrogen-bond donors (Lipinski definition) is 1. The highest BCUT2D eigenvalue weighted by Gasteiger charge is 2.17. The summed E-state index contributed by atoms with van der Waals surface area (Å²) in [6.45, 7) is 0. The van der Waals surface area contributed by atoms with Gasteiger partial charge in [-0.15, -0.1) is 0 Å². The van der Waals surface area contributed by atoms with E-state index in [1.807, 2.05) is 18.2 Å². The zero-order valence-corrected chi connectivity index (χ0v) is 16.1. The fourth-order valence-electron chi connectivity index (χ4n) is 2.45. The van der Waals surface area contributed by atoms with Crippen LogP contribution in [0.3, 0.4) is 0 Å². The molecule has 0 saturated carbocycles. The van der Waals surface area contributed by atoms with Gasteiger partial charge in [0, 0.05) is 25.9 Å². The molecule has 3 rings (SSSR count). The number of nitrogens with zero attached hydrogens (tertiary/aromatic N) is 2. The smallest absolute Gasteiger partial charge is 0.261 e. The first-order valence-electron chi connectivity index (χ1n) is 8.46. The molecular weight excluding hydrogens is 378 g/mol. The lowest BCUT2D eigenvalue weighted by Gasteiger charge is -2.14. The van der Waals surface area contributed by atoms with E-state index in [0.29, 0.717) is 22.0 Å². The number of hydrogen-bond acceptors (Lipinski definition) is 4. The van der Waals surface area contributed by atoms with Gasteiger partial charge < -0.3 is 15.0 Å². The van der Waals surface area contributed by atoms with Crippen LogP contribution in [0.5, 0.6) is 11.6 Å². The number of anilines is 1. The average Bonchev–Trinajstić information content (AvgIpc) is 2.70. The number of carbonyl (C=O) groups is 2. The molecule has 0 fully saturated rings. The fraction of sp³-hybridized carbons (Fsp3) is 0.0952. The number of benzene rings is 2. The van der Waals surface area contributed by atoms with Gasteiger partial charge in [-0.2, -0.15) is 0 Å². The molecule has 2 aromatic carbocycles. The normalized spacial score (nSPS) is 10.2. The van der Waals surface area contributed by atoms with Crippen LogP contribution in [0.4, 0.5) is 5.69 Å². The maximum atomic E-state index is 12.8. The Hall–Kier alpha value is -3.38. The van der Waals surface area contributed by atoms with Gasteiger partial charge in [-0.1, -0.05) is 29.8 Å². The van der Waals surface area contributed by atoms with E-state index in [9.17, 15) is 9.59 Å². The second-order valence-electron chi connectivity index (χ2n) is 6.12. The van der Waals surface area contributed by atoms with Crippen LogP contribution in [-0.4, -0.2) is 35.8 Å². The topological polar surface area (TPSA) is 71.5 Å². The third-order valence-corrected chi connectivity index (χ3v) is 4.17. The van der Waals surface area contributed by atoms with E-state index in [-0.39, 0.29) is 17.4 Å². The average molecular weight is 396 g/mol. The Morgan fingerprint density at radius 1 is 1.04 bits per heavy atom.